The molecule has 3 rings (SSSR count). The van der Waals surface area contributed by atoms with Gasteiger partial charge in [0.25, 0.3) is 0 Å². The van der Waals surface area contributed by atoms with Gasteiger partial charge in [0, 0.05) is 0 Å². The number of hydrogen-bond donors (Lipinski definition) is 2. The minimum absolute atomic E-state index is 0.345. The number of hydrogen-bond acceptors (Lipinski definition) is 2. The molecule has 3 N–H and O–H groups in total. The summed E-state index contributed by atoms with van der Waals surface area (Å²) >= 11 is 0. The topological polar surface area (TPSA) is 63.3 Å². The molecule has 0 aliphatic rings. The lowest BCUT2D eigenvalue weighted by Crippen LogP contribution is -2.32. The second-order valence-electron chi connectivity index (χ2n) is 5.03. The Morgan fingerprint density at radius 2 is 1.55 bits per heavy atom. The van der Waals surface area contributed by atoms with Crippen LogP contribution in [0.2, 0.25) is 0 Å². The SMILES string of the molecule is NC(Cc1ccc2cc3ccccc3cc2c1)C(=O)O. The van der Waals surface area contributed by atoms with Crippen molar-refractivity contribution in [2.75, 3.05) is 0 Å². The molecule has 0 saturated heterocycles. The molecule has 0 saturated carbocycles. The monoisotopic (exact) mass is 265 g/mol. The van der Waals surface area contributed by atoms with Crippen LogP contribution in [-0.2, 0) is 11.2 Å². The zero-order valence-corrected chi connectivity index (χ0v) is 10.9. The highest BCUT2D eigenvalue weighted by Gasteiger charge is 2.12. The number of carboxylic acid groups (broad SMARTS) is 1. The van der Waals surface area contributed by atoms with Crippen LogP contribution >= 0.6 is 0 Å². The van der Waals surface area contributed by atoms with Gasteiger partial charge >= 0.3 is 5.97 Å². The molecule has 0 amide bonds. The quantitative estimate of drug-likeness (QED) is 0.716. The molecule has 3 nitrogen and oxygen atoms in total. The molecule has 0 radical (unpaired) electrons. The van der Waals surface area contributed by atoms with E-state index in [-0.39, 0.29) is 0 Å². The van der Waals surface area contributed by atoms with Crippen molar-refractivity contribution < 1.29 is 9.90 Å². The second kappa shape index (κ2) is 4.94. The van der Waals surface area contributed by atoms with Crippen LogP contribution in [-0.4, -0.2) is 17.1 Å². The number of carbonyl (C=O) groups is 1. The van der Waals surface area contributed by atoms with E-state index in [1.54, 1.807) is 0 Å². The predicted molar refractivity (Wildman–Crippen MR) is 80.8 cm³/mol. The van der Waals surface area contributed by atoms with Crippen LogP contribution in [0.3, 0.4) is 0 Å². The average molecular weight is 265 g/mol. The fraction of sp³-hybridized carbons (Fsp3) is 0.118. The van der Waals surface area contributed by atoms with Crippen molar-refractivity contribution in [3.63, 3.8) is 0 Å². The molecule has 0 fully saturated rings. The zero-order chi connectivity index (χ0) is 14.1. The second-order valence-corrected chi connectivity index (χ2v) is 5.03. The predicted octanol–water partition coefficient (Wildman–Crippen LogP) is 2.95. The Kier molecular flexibility index (Phi) is 3.12. The Labute approximate surface area is 116 Å². The van der Waals surface area contributed by atoms with Crippen molar-refractivity contribution in [1.82, 2.24) is 0 Å². The van der Waals surface area contributed by atoms with Crippen molar-refractivity contribution in [3.05, 3.63) is 60.2 Å². The van der Waals surface area contributed by atoms with E-state index in [2.05, 4.69) is 24.3 Å². The standard InChI is InChI=1S/C17H15NO2/c18-16(17(19)20)8-11-5-6-14-9-12-3-1-2-4-13(12)10-15(14)7-11/h1-7,9-10,16H,8,18H2,(H,19,20). The van der Waals surface area contributed by atoms with Crippen molar-refractivity contribution in [1.29, 1.82) is 0 Å². The number of aliphatic carboxylic acids is 1. The molecule has 1 unspecified atom stereocenters. The van der Waals surface area contributed by atoms with Gasteiger partial charge in [0.1, 0.15) is 6.04 Å². The maximum atomic E-state index is 10.8. The molecule has 0 aliphatic carbocycles. The van der Waals surface area contributed by atoms with Gasteiger partial charge in [-0.3, -0.25) is 4.79 Å². The zero-order valence-electron chi connectivity index (χ0n) is 10.9. The van der Waals surface area contributed by atoms with E-state index in [1.807, 2.05) is 30.3 Å². The summed E-state index contributed by atoms with van der Waals surface area (Å²) < 4.78 is 0. The molecule has 1 atom stereocenters. The Morgan fingerprint density at radius 3 is 2.20 bits per heavy atom. The fourth-order valence-corrected chi connectivity index (χ4v) is 2.46. The van der Waals surface area contributed by atoms with Gasteiger partial charge in [-0.15, -0.1) is 0 Å². The van der Waals surface area contributed by atoms with Crippen LogP contribution in [0, 0.1) is 0 Å². The Bertz CT molecular complexity index is 795. The van der Waals surface area contributed by atoms with Crippen molar-refractivity contribution in [2.24, 2.45) is 5.73 Å². The van der Waals surface area contributed by atoms with Gasteiger partial charge in [0.2, 0.25) is 0 Å². The van der Waals surface area contributed by atoms with Crippen molar-refractivity contribution in [3.8, 4) is 0 Å². The molecule has 0 aliphatic heterocycles. The minimum Gasteiger partial charge on any atom is -0.480 e. The summed E-state index contributed by atoms with van der Waals surface area (Å²) in [7, 11) is 0. The number of rotatable bonds is 3. The van der Waals surface area contributed by atoms with Gasteiger partial charge in [-0.05, 0) is 45.7 Å². The third-order valence-electron chi connectivity index (χ3n) is 3.54. The minimum atomic E-state index is -0.969. The van der Waals surface area contributed by atoms with Gasteiger partial charge in [-0.1, -0.05) is 42.5 Å². The summed E-state index contributed by atoms with van der Waals surface area (Å²) in [5.74, 6) is -0.969. The van der Waals surface area contributed by atoms with Crippen LogP contribution in [0.4, 0.5) is 0 Å². The fourth-order valence-electron chi connectivity index (χ4n) is 2.46. The first-order valence-corrected chi connectivity index (χ1v) is 6.53. The van der Waals surface area contributed by atoms with E-state index in [0.29, 0.717) is 6.42 Å². The van der Waals surface area contributed by atoms with Crippen LogP contribution < -0.4 is 5.73 Å². The first-order valence-electron chi connectivity index (χ1n) is 6.53. The first-order chi connectivity index (χ1) is 9.63. The maximum Gasteiger partial charge on any atom is 0.320 e. The number of fused-ring (bicyclic) bond motifs is 2. The highest BCUT2D eigenvalue weighted by Crippen LogP contribution is 2.24. The van der Waals surface area contributed by atoms with Crippen LogP contribution in [0.25, 0.3) is 21.5 Å². The molecule has 0 heterocycles. The number of nitrogens with two attached hydrogens (primary N) is 1. The van der Waals surface area contributed by atoms with Crippen LogP contribution in [0.15, 0.2) is 54.6 Å². The van der Waals surface area contributed by atoms with E-state index in [9.17, 15) is 4.79 Å². The number of benzene rings is 3. The summed E-state index contributed by atoms with van der Waals surface area (Å²) in [6, 6.07) is 17.6. The van der Waals surface area contributed by atoms with Crippen LogP contribution in [0.5, 0.6) is 0 Å². The van der Waals surface area contributed by atoms with Crippen molar-refractivity contribution >= 4 is 27.5 Å². The Balaban J connectivity index is 2.06. The maximum absolute atomic E-state index is 10.8. The van der Waals surface area contributed by atoms with Gasteiger partial charge < -0.3 is 10.8 Å². The summed E-state index contributed by atoms with van der Waals surface area (Å²) in [5.41, 5.74) is 6.53. The van der Waals surface area contributed by atoms with Crippen molar-refractivity contribution in [2.45, 2.75) is 12.5 Å². The first kappa shape index (κ1) is 12.6. The third-order valence-corrected chi connectivity index (χ3v) is 3.54. The lowest BCUT2D eigenvalue weighted by atomic mass is 9.99. The lowest BCUT2D eigenvalue weighted by Gasteiger charge is -2.08. The smallest absolute Gasteiger partial charge is 0.320 e. The number of carboxylic acids is 1. The van der Waals surface area contributed by atoms with Gasteiger partial charge in [0.05, 0.1) is 0 Å². The lowest BCUT2D eigenvalue weighted by molar-refractivity contribution is -0.138. The van der Waals surface area contributed by atoms with E-state index < -0.39 is 12.0 Å². The van der Waals surface area contributed by atoms with E-state index >= 15 is 0 Å². The molecular weight excluding hydrogens is 250 g/mol. The average Bonchev–Trinajstić information content (AvgIpc) is 2.45. The molecule has 0 aromatic heterocycles. The summed E-state index contributed by atoms with van der Waals surface area (Å²) in [4.78, 5) is 10.8. The van der Waals surface area contributed by atoms with E-state index in [1.165, 1.54) is 10.8 Å². The van der Waals surface area contributed by atoms with Gasteiger partial charge in [-0.2, -0.15) is 0 Å². The highest BCUT2D eigenvalue weighted by molar-refractivity contribution is 5.98. The summed E-state index contributed by atoms with van der Waals surface area (Å²) in [5, 5.41) is 13.5. The molecule has 100 valence electrons. The van der Waals surface area contributed by atoms with Crippen LogP contribution in [0.1, 0.15) is 5.56 Å². The van der Waals surface area contributed by atoms with Gasteiger partial charge in [-0.25, -0.2) is 0 Å². The molecule has 0 bridgehead atoms. The highest BCUT2D eigenvalue weighted by atomic mass is 16.4. The Hall–Kier alpha value is -2.39. The normalized spacial score (nSPS) is 12.7. The van der Waals surface area contributed by atoms with E-state index in [0.717, 1.165) is 16.3 Å². The van der Waals surface area contributed by atoms with E-state index in [4.69, 9.17) is 10.8 Å². The molecular formula is C17H15NO2. The third kappa shape index (κ3) is 2.36. The summed E-state index contributed by atoms with van der Waals surface area (Å²) in [6.07, 6.45) is 0.345. The molecule has 0 spiro atoms. The van der Waals surface area contributed by atoms with Gasteiger partial charge in [0.15, 0.2) is 0 Å². The molecule has 3 heteroatoms. The summed E-state index contributed by atoms with van der Waals surface area (Å²) in [6.45, 7) is 0. The molecule has 20 heavy (non-hydrogen) atoms. The largest absolute Gasteiger partial charge is 0.480 e. The Morgan fingerprint density at radius 1 is 0.950 bits per heavy atom. The molecule has 3 aromatic rings. The molecule has 3 aromatic carbocycles.